The van der Waals surface area contributed by atoms with Crippen LogP contribution in [0.3, 0.4) is 0 Å². The van der Waals surface area contributed by atoms with Gasteiger partial charge in [-0.2, -0.15) is 0 Å². The molecule has 2 atom stereocenters. The fraction of sp³-hybridized carbons (Fsp3) is 0.500. The van der Waals surface area contributed by atoms with Crippen molar-refractivity contribution in [1.29, 1.82) is 0 Å². The second-order valence-electron chi connectivity index (χ2n) is 8.71. The lowest BCUT2D eigenvalue weighted by molar-refractivity contribution is -0.159. The van der Waals surface area contributed by atoms with Gasteiger partial charge in [0.25, 0.3) is 11.8 Å². The Morgan fingerprint density at radius 1 is 1.20 bits per heavy atom. The molecule has 0 unspecified atom stereocenters. The van der Waals surface area contributed by atoms with Crippen LogP contribution >= 0.6 is 11.8 Å². The van der Waals surface area contributed by atoms with Crippen molar-refractivity contribution in [2.24, 2.45) is 5.92 Å². The summed E-state index contributed by atoms with van der Waals surface area (Å²) in [6.45, 7) is 5.26. The van der Waals surface area contributed by atoms with Gasteiger partial charge >= 0.3 is 5.97 Å². The van der Waals surface area contributed by atoms with E-state index in [0.717, 1.165) is 18.4 Å². The maximum absolute atomic E-state index is 12.9. The molecule has 4 rings (SSSR count). The largest absolute Gasteiger partial charge is 0.484 e. The molecule has 0 radical (unpaired) electrons. The van der Waals surface area contributed by atoms with E-state index < -0.39 is 17.6 Å². The standard InChI is InChI=1S/C22H26N2O5S/c1-22(2,3)29-21(27)18-15(13-9-10-13)12-30-20-17(19(26)24(18)20)23-16(25)11-28-14-7-5-4-6-8-14/h4-8,13,17,20H,9-12H2,1-3H3,(H,23,25)/t17-,20-/m1/s1. The average molecular weight is 431 g/mol. The highest BCUT2D eigenvalue weighted by Gasteiger charge is 2.55. The molecule has 1 aromatic rings. The van der Waals surface area contributed by atoms with Crippen LogP contribution in [0.2, 0.25) is 0 Å². The molecule has 3 aliphatic rings. The summed E-state index contributed by atoms with van der Waals surface area (Å²) in [5, 5.41) is 2.45. The van der Waals surface area contributed by atoms with E-state index in [4.69, 9.17) is 9.47 Å². The van der Waals surface area contributed by atoms with Gasteiger partial charge < -0.3 is 14.8 Å². The molecule has 160 valence electrons. The molecular formula is C22H26N2O5S. The Balaban J connectivity index is 1.43. The first kappa shape index (κ1) is 20.8. The van der Waals surface area contributed by atoms with Crippen LogP contribution in [0.15, 0.2) is 41.6 Å². The molecule has 8 heteroatoms. The molecule has 7 nitrogen and oxygen atoms in total. The molecule has 30 heavy (non-hydrogen) atoms. The summed E-state index contributed by atoms with van der Waals surface area (Å²) >= 11 is 1.58. The van der Waals surface area contributed by atoms with Crippen molar-refractivity contribution < 1.29 is 23.9 Å². The van der Waals surface area contributed by atoms with Gasteiger partial charge in [0.1, 0.15) is 28.5 Å². The molecular weight excluding hydrogens is 404 g/mol. The third-order valence-electron chi connectivity index (χ3n) is 5.09. The number of para-hydroxylation sites is 1. The SMILES string of the molecule is CC(C)(C)OC(=O)C1=C(C2CC2)CS[C@@H]2[C@H](NC(=O)COc3ccccc3)C(=O)N12. The topological polar surface area (TPSA) is 84.9 Å². The minimum atomic E-state index is -0.667. The molecule has 0 bridgehead atoms. The Morgan fingerprint density at radius 3 is 2.53 bits per heavy atom. The first-order valence-corrected chi connectivity index (χ1v) is 11.2. The van der Waals surface area contributed by atoms with E-state index in [9.17, 15) is 14.4 Å². The zero-order valence-electron chi connectivity index (χ0n) is 17.3. The van der Waals surface area contributed by atoms with E-state index in [1.807, 2.05) is 39.0 Å². The summed E-state index contributed by atoms with van der Waals surface area (Å²) in [7, 11) is 0. The van der Waals surface area contributed by atoms with Gasteiger partial charge in [-0.05, 0) is 57.2 Å². The van der Waals surface area contributed by atoms with E-state index in [2.05, 4.69) is 5.32 Å². The number of carbonyl (C=O) groups excluding carboxylic acids is 3. The van der Waals surface area contributed by atoms with Gasteiger partial charge in [-0.3, -0.25) is 14.5 Å². The van der Waals surface area contributed by atoms with Crippen LogP contribution in [0.5, 0.6) is 5.75 Å². The van der Waals surface area contributed by atoms with Gasteiger partial charge in [-0.25, -0.2) is 4.79 Å². The highest BCUT2D eigenvalue weighted by molar-refractivity contribution is 8.00. The number of nitrogens with one attached hydrogen (secondary N) is 1. The van der Waals surface area contributed by atoms with Gasteiger partial charge in [-0.1, -0.05) is 18.2 Å². The third kappa shape index (κ3) is 4.33. The first-order valence-electron chi connectivity index (χ1n) is 10.1. The lowest BCUT2D eigenvalue weighted by atomic mass is 10.0. The summed E-state index contributed by atoms with van der Waals surface area (Å²) in [5.41, 5.74) is 0.734. The first-order chi connectivity index (χ1) is 14.2. The van der Waals surface area contributed by atoms with Crippen LogP contribution in [-0.4, -0.2) is 52.1 Å². The summed E-state index contributed by atoms with van der Waals surface area (Å²) < 4.78 is 11.0. The quantitative estimate of drug-likeness (QED) is 0.551. The fourth-order valence-corrected chi connectivity index (χ4v) is 5.04. The summed E-state index contributed by atoms with van der Waals surface area (Å²) in [6.07, 6.45) is 2.07. The molecule has 2 fully saturated rings. The number of fused-ring (bicyclic) bond motifs is 1. The molecule has 2 heterocycles. The van der Waals surface area contributed by atoms with Gasteiger partial charge in [-0.15, -0.1) is 11.8 Å². The third-order valence-corrected chi connectivity index (χ3v) is 6.39. The molecule has 2 aliphatic heterocycles. The Morgan fingerprint density at radius 2 is 1.90 bits per heavy atom. The summed E-state index contributed by atoms with van der Waals surface area (Å²) in [4.78, 5) is 39.6. The molecule has 2 amide bonds. The van der Waals surface area contributed by atoms with Crippen LogP contribution < -0.4 is 10.1 Å². The van der Waals surface area contributed by atoms with Gasteiger partial charge in [0.2, 0.25) is 0 Å². The number of thioether (sulfide) groups is 1. The monoisotopic (exact) mass is 430 g/mol. The minimum absolute atomic E-state index is 0.173. The average Bonchev–Trinajstić information content (AvgIpc) is 3.54. The normalized spacial score (nSPS) is 23.4. The molecule has 1 aromatic carbocycles. The summed E-state index contributed by atoms with van der Waals surface area (Å²) in [6, 6.07) is 8.36. The molecule has 1 N–H and O–H groups in total. The number of nitrogens with zero attached hydrogens (tertiary/aromatic N) is 1. The predicted molar refractivity (Wildman–Crippen MR) is 113 cm³/mol. The van der Waals surface area contributed by atoms with Gasteiger partial charge in [0.05, 0.1) is 0 Å². The van der Waals surface area contributed by atoms with E-state index >= 15 is 0 Å². The zero-order valence-corrected chi connectivity index (χ0v) is 18.2. The van der Waals surface area contributed by atoms with Crippen molar-refractivity contribution >= 4 is 29.5 Å². The van der Waals surface area contributed by atoms with E-state index in [0.29, 0.717) is 23.1 Å². The lowest BCUT2D eigenvalue weighted by Crippen LogP contribution is -2.71. The van der Waals surface area contributed by atoms with E-state index in [1.54, 1.807) is 23.9 Å². The Kier molecular flexibility index (Phi) is 5.53. The van der Waals surface area contributed by atoms with Crippen LogP contribution in [0.25, 0.3) is 0 Å². The van der Waals surface area contributed by atoms with Crippen LogP contribution in [0, 0.1) is 5.92 Å². The lowest BCUT2D eigenvalue weighted by Gasteiger charge is -2.50. The van der Waals surface area contributed by atoms with Crippen LogP contribution in [0.4, 0.5) is 0 Å². The van der Waals surface area contributed by atoms with Crippen LogP contribution in [0.1, 0.15) is 33.6 Å². The van der Waals surface area contributed by atoms with Crippen molar-refractivity contribution in [1.82, 2.24) is 10.2 Å². The number of amides is 2. The smallest absolute Gasteiger partial charge is 0.355 e. The maximum Gasteiger partial charge on any atom is 0.355 e. The highest BCUT2D eigenvalue weighted by atomic mass is 32.2. The van der Waals surface area contributed by atoms with E-state index in [-0.39, 0.29) is 23.8 Å². The van der Waals surface area contributed by atoms with Gasteiger partial charge in [0.15, 0.2) is 6.61 Å². The summed E-state index contributed by atoms with van der Waals surface area (Å²) in [5.74, 6) is 0.500. The van der Waals surface area contributed by atoms with Gasteiger partial charge in [0, 0.05) is 5.75 Å². The fourth-order valence-electron chi connectivity index (χ4n) is 3.58. The molecule has 0 spiro atoms. The van der Waals surface area contributed by atoms with Crippen molar-refractivity contribution in [2.75, 3.05) is 12.4 Å². The Bertz CT molecular complexity index is 889. The molecule has 0 aromatic heterocycles. The maximum atomic E-state index is 12.9. The van der Waals surface area contributed by atoms with Crippen molar-refractivity contribution in [3.63, 3.8) is 0 Å². The molecule has 1 saturated carbocycles. The molecule has 1 aliphatic carbocycles. The number of β-lactam (4-membered cyclic amide) rings is 1. The molecule has 1 saturated heterocycles. The highest BCUT2D eigenvalue weighted by Crippen LogP contribution is 2.48. The zero-order chi connectivity index (χ0) is 21.5. The Labute approximate surface area is 180 Å². The van der Waals surface area contributed by atoms with Crippen molar-refractivity contribution in [2.45, 2.75) is 50.6 Å². The predicted octanol–water partition coefficient (Wildman–Crippen LogP) is 2.47. The second-order valence-corrected chi connectivity index (χ2v) is 9.81. The van der Waals surface area contributed by atoms with Crippen LogP contribution in [-0.2, 0) is 19.1 Å². The van der Waals surface area contributed by atoms with Crippen molar-refractivity contribution in [3.05, 3.63) is 41.6 Å². The number of hydrogen-bond acceptors (Lipinski definition) is 6. The van der Waals surface area contributed by atoms with Crippen molar-refractivity contribution in [3.8, 4) is 5.75 Å². The number of ether oxygens (including phenoxy) is 2. The second kappa shape index (κ2) is 7.98. The number of esters is 1. The number of carbonyl (C=O) groups is 3. The number of hydrogen-bond donors (Lipinski definition) is 1. The van der Waals surface area contributed by atoms with E-state index in [1.165, 1.54) is 4.90 Å². The Hall–Kier alpha value is -2.48. The minimum Gasteiger partial charge on any atom is -0.484 e. The number of benzene rings is 1. The number of rotatable bonds is 6.